The van der Waals surface area contributed by atoms with E-state index in [4.69, 9.17) is 0 Å². The molecule has 5 nitrogen and oxygen atoms in total. The molecule has 24 heavy (non-hydrogen) atoms. The summed E-state index contributed by atoms with van der Waals surface area (Å²) in [6.45, 7) is 6.23. The lowest BCUT2D eigenvalue weighted by Gasteiger charge is -2.20. The molecule has 0 spiro atoms. The van der Waals surface area contributed by atoms with Gasteiger partial charge in [-0.15, -0.1) is 0 Å². The predicted octanol–water partition coefficient (Wildman–Crippen LogP) is 3.78. The van der Waals surface area contributed by atoms with Crippen LogP contribution in [0.2, 0.25) is 0 Å². The van der Waals surface area contributed by atoms with Crippen molar-refractivity contribution < 1.29 is 4.79 Å². The number of aryl methyl sites for hydroxylation is 1. The molecule has 5 heteroatoms. The highest BCUT2D eigenvalue weighted by molar-refractivity contribution is 5.98. The van der Waals surface area contributed by atoms with Crippen molar-refractivity contribution in [2.24, 2.45) is 5.92 Å². The van der Waals surface area contributed by atoms with Crippen LogP contribution in [0.5, 0.6) is 0 Å². The molecule has 0 saturated heterocycles. The number of carbonyl (C=O) groups is 1. The fourth-order valence-electron chi connectivity index (χ4n) is 2.83. The second kappa shape index (κ2) is 6.83. The number of fused-ring (bicyclic) bond motifs is 1. The number of carbonyl (C=O) groups excluding carboxylic acids is 1. The first-order valence-corrected chi connectivity index (χ1v) is 8.21. The number of hydrogen-bond acceptors (Lipinski definition) is 3. The average molecular weight is 322 g/mol. The Balaban J connectivity index is 1.85. The minimum Gasteiger partial charge on any atom is -0.344 e. The standard InChI is InChI=1S/C19H22N4O/c1-12(2)10-18(17-6-4-5-9-20-17)21-19(24)14-7-8-16-15(11-14)13(3)22-23-16/h4-9,11-12,18H,10H2,1-3H3,(H,21,24)(H,22,23). The molecule has 0 saturated carbocycles. The van der Waals surface area contributed by atoms with Gasteiger partial charge >= 0.3 is 0 Å². The van der Waals surface area contributed by atoms with Gasteiger partial charge in [0.2, 0.25) is 0 Å². The van der Waals surface area contributed by atoms with Gasteiger partial charge in [0.05, 0.1) is 17.3 Å². The third-order valence-electron chi connectivity index (χ3n) is 4.06. The van der Waals surface area contributed by atoms with Crippen LogP contribution in [0.1, 0.15) is 48.1 Å². The van der Waals surface area contributed by atoms with Crippen LogP contribution in [0.3, 0.4) is 0 Å². The van der Waals surface area contributed by atoms with Crippen molar-refractivity contribution in [1.29, 1.82) is 0 Å². The van der Waals surface area contributed by atoms with Crippen molar-refractivity contribution >= 4 is 16.8 Å². The number of pyridine rings is 1. The van der Waals surface area contributed by atoms with E-state index in [0.29, 0.717) is 11.5 Å². The molecule has 0 fully saturated rings. The summed E-state index contributed by atoms with van der Waals surface area (Å²) in [7, 11) is 0. The van der Waals surface area contributed by atoms with Gasteiger partial charge < -0.3 is 5.32 Å². The van der Waals surface area contributed by atoms with E-state index in [2.05, 4.69) is 34.3 Å². The van der Waals surface area contributed by atoms with E-state index in [1.54, 1.807) is 6.20 Å². The number of amides is 1. The Kier molecular flexibility index (Phi) is 4.60. The minimum atomic E-state index is -0.0974. The highest BCUT2D eigenvalue weighted by Gasteiger charge is 2.18. The summed E-state index contributed by atoms with van der Waals surface area (Å²) in [5, 5.41) is 11.2. The number of H-pyrrole nitrogens is 1. The van der Waals surface area contributed by atoms with Crippen LogP contribution >= 0.6 is 0 Å². The van der Waals surface area contributed by atoms with Crippen LogP contribution in [0.4, 0.5) is 0 Å². The van der Waals surface area contributed by atoms with E-state index >= 15 is 0 Å². The van der Waals surface area contributed by atoms with Gasteiger partial charge in [0, 0.05) is 22.8 Å². The average Bonchev–Trinajstić information content (AvgIpc) is 2.95. The van der Waals surface area contributed by atoms with Crippen molar-refractivity contribution in [3.8, 4) is 0 Å². The summed E-state index contributed by atoms with van der Waals surface area (Å²) >= 11 is 0. The van der Waals surface area contributed by atoms with Crippen LogP contribution in [0, 0.1) is 12.8 Å². The summed E-state index contributed by atoms with van der Waals surface area (Å²) < 4.78 is 0. The number of nitrogens with one attached hydrogen (secondary N) is 2. The number of aromatic amines is 1. The lowest BCUT2D eigenvalue weighted by molar-refractivity contribution is 0.0931. The zero-order chi connectivity index (χ0) is 17.1. The van der Waals surface area contributed by atoms with Gasteiger partial charge in [-0.2, -0.15) is 5.10 Å². The third-order valence-corrected chi connectivity index (χ3v) is 4.06. The fraction of sp³-hybridized carbons (Fsp3) is 0.316. The molecular formula is C19H22N4O. The summed E-state index contributed by atoms with van der Waals surface area (Å²) in [6.07, 6.45) is 2.60. The van der Waals surface area contributed by atoms with E-state index in [0.717, 1.165) is 28.7 Å². The highest BCUT2D eigenvalue weighted by atomic mass is 16.1. The third kappa shape index (κ3) is 3.45. The summed E-state index contributed by atoms with van der Waals surface area (Å²) in [5.41, 5.74) is 3.35. The molecule has 0 aliphatic heterocycles. The van der Waals surface area contributed by atoms with Gasteiger partial charge in [0.25, 0.3) is 5.91 Å². The molecule has 3 aromatic rings. The first-order valence-electron chi connectivity index (χ1n) is 8.21. The molecule has 1 atom stereocenters. The molecule has 0 radical (unpaired) electrons. The van der Waals surface area contributed by atoms with Gasteiger partial charge in [0.1, 0.15) is 0 Å². The van der Waals surface area contributed by atoms with Gasteiger partial charge in [0.15, 0.2) is 0 Å². The van der Waals surface area contributed by atoms with E-state index in [-0.39, 0.29) is 11.9 Å². The van der Waals surface area contributed by atoms with Gasteiger partial charge in [-0.25, -0.2) is 0 Å². The number of hydrogen-bond donors (Lipinski definition) is 2. The molecule has 0 bridgehead atoms. The Morgan fingerprint density at radius 3 is 2.79 bits per heavy atom. The summed E-state index contributed by atoms with van der Waals surface area (Å²) in [6, 6.07) is 11.2. The Morgan fingerprint density at radius 2 is 2.08 bits per heavy atom. The molecule has 1 unspecified atom stereocenters. The Morgan fingerprint density at radius 1 is 1.25 bits per heavy atom. The molecule has 1 amide bonds. The first-order chi connectivity index (χ1) is 11.5. The minimum absolute atomic E-state index is 0.0891. The summed E-state index contributed by atoms with van der Waals surface area (Å²) in [4.78, 5) is 17.1. The van der Waals surface area contributed by atoms with Crippen molar-refractivity contribution in [1.82, 2.24) is 20.5 Å². The molecule has 2 aromatic heterocycles. The summed E-state index contributed by atoms with van der Waals surface area (Å²) in [5.74, 6) is 0.365. The van der Waals surface area contributed by atoms with Crippen molar-refractivity contribution in [3.63, 3.8) is 0 Å². The second-order valence-electron chi connectivity index (χ2n) is 6.49. The number of nitrogens with zero attached hydrogens (tertiary/aromatic N) is 2. The van der Waals surface area contributed by atoms with Crippen LogP contribution in [-0.2, 0) is 0 Å². The topological polar surface area (TPSA) is 70.7 Å². The highest BCUT2D eigenvalue weighted by Crippen LogP contribution is 2.21. The fourth-order valence-corrected chi connectivity index (χ4v) is 2.83. The van der Waals surface area contributed by atoms with Crippen molar-refractivity contribution in [2.75, 3.05) is 0 Å². The molecule has 2 N–H and O–H groups in total. The first kappa shape index (κ1) is 16.2. The molecule has 0 aliphatic rings. The van der Waals surface area contributed by atoms with Crippen LogP contribution in [-0.4, -0.2) is 21.1 Å². The monoisotopic (exact) mass is 322 g/mol. The lowest BCUT2D eigenvalue weighted by Crippen LogP contribution is -2.30. The molecular weight excluding hydrogens is 300 g/mol. The molecule has 124 valence electrons. The predicted molar refractivity (Wildman–Crippen MR) is 94.7 cm³/mol. The number of rotatable bonds is 5. The van der Waals surface area contributed by atoms with E-state index < -0.39 is 0 Å². The maximum Gasteiger partial charge on any atom is 0.251 e. The largest absolute Gasteiger partial charge is 0.344 e. The van der Waals surface area contributed by atoms with Crippen LogP contribution < -0.4 is 5.32 Å². The molecule has 0 aliphatic carbocycles. The van der Waals surface area contributed by atoms with Crippen molar-refractivity contribution in [2.45, 2.75) is 33.2 Å². The zero-order valence-corrected chi connectivity index (χ0v) is 14.2. The zero-order valence-electron chi connectivity index (χ0n) is 14.2. The quantitative estimate of drug-likeness (QED) is 0.751. The van der Waals surface area contributed by atoms with Crippen LogP contribution in [0.15, 0.2) is 42.6 Å². The SMILES string of the molecule is Cc1[nH]nc2ccc(C(=O)NC(CC(C)C)c3ccccn3)cc12. The van der Waals surface area contributed by atoms with Gasteiger partial charge in [-0.1, -0.05) is 19.9 Å². The normalized spacial score (nSPS) is 12.5. The molecule has 1 aromatic carbocycles. The Bertz CT molecular complexity index is 839. The van der Waals surface area contributed by atoms with Crippen LogP contribution in [0.25, 0.3) is 10.9 Å². The number of aromatic nitrogens is 3. The molecule has 3 rings (SSSR count). The van der Waals surface area contributed by atoms with Gasteiger partial charge in [-0.05, 0) is 49.6 Å². The second-order valence-corrected chi connectivity index (χ2v) is 6.49. The smallest absolute Gasteiger partial charge is 0.251 e. The maximum absolute atomic E-state index is 12.7. The Labute approximate surface area is 141 Å². The van der Waals surface area contributed by atoms with E-state index in [9.17, 15) is 4.79 Å². The molecule has 2 heterocycles. The Hall–Kier alpha value is -2.69. The maximum atomic E-state index is 12.7. The van der Waals surface area contributed by atoms with Crippen molar-refractivity contribution in [3.05, 3.63) is 59.5 Å². The number of benzene rings is 1. The van der Waals surface area contributed by atoms with E-state index in [1.165, 1.54) is 0 Å². The lowest BCUT2D eigenvalue weighted by atomic mass is 10.00. The van der Waals surface area contributed by atoms with Gasteiger partial charge in [-0.3, -0.25) is 14.9 Å². The van der Waals surface area contributed by atoms with E-state index in [1.807, 2.05) is 43.3 Å².